The minimum Gasteiger partial charge on any atom is -0.494 e. The molecule has 2 aromatic rings. The maximum atomic E-state index is 12.3. The van der Waals surface area contributed by atoms with Crippen LogP contribution in [0.25, 0.3) is 0 Å². The number of thiocarbonyl (C=S) groups is 1. The van der Waals surface area contributed by atoms with Gasteiger partial charge in [0, 0.05) is 11.3 Å². The average molecular weight is 401 g/mol. The molecule has 5 nitrogen and oxygen atoms in total. The van der Waals surface area contributed by atoms with Crippen molar-refractivity contribution < 1.29 is 14.3 Å². The molecular formula is C22H28N2O3S. The molecule has 0 fully saturated rings. The van der Waals surface area contributed by atoms with Crippen molar-refractivity contribution in [2.75, 3.05) is 18.5 Å². The van der Waals surface area contributed by atoms with E-state index in [-0.39, 0.29) is 11.0 Å². The SMILES string of the molecule is CCCOc1ccc(NC(=S)NC(=O)c2ccc(OCCC(C)C)cc2)cc1. The van der Waals surface area contributed by atoms with Gasteiger partial charge >= 0.3 is 0 Å². The molecule has 0 aromatic heterocycles. The first kappa shape index (κ1) is 21.7. The second-order valence-electron chi connectivity index (χ2n) is 6.84. The normalized spacial score (nSPS) is 10.4. The molecule has 0 heterocycles. The summed E-state index contributed by atoms with van der Waals surface area (Å²) in [4.78, 5) is 12.3. The molecule has 2 N–H and O–H groups in total. The Morgan fingerprint density at radius 3 is 2.11 bits per heavy atom. The Labute approximate surface area is 172 Å². The van der Waals surface area contributed by atoms with Crippen molar-refractivity contribution in [3.05, 3.63) is 54.1 Å². The molecule has 0 bridgehead atoms. The van der Waals surface area contributed by atoms with Gasteiger partial charge in [0.1, 0.15) is 11.5 Å². The zero-order valence-electron chi connectivity index (χ0n) is 16.7. The van der Waals surface area contributed by atoms with Gasteiger partial charge in [0.25, 0.3) is 5.91 Å². The van der Waals surface area contributed by atoms with E-state index in [4.69, 9.17) is 21.7 Å². The van der Waals surface area contributed by atoms with Gasteiger partial charge in [-0.05, 0) is 79.5 Å². The summed E-state index contributed by atoms with van der Waals surface area (Å²) in [5.41, 5.74) is 1.30. The van der Waals surface area contributed by atoms with Crippen LogP contribution in [0.1, 0.15) is 44.0 Å². The Bertz CT molecular complexity index is 758. The molecule has 2 aromatic carbocycles. The van der Waals surface area contributed by atoms with Crippen LogP contribution in [-0.2, 0) is 0 Å². The van der Waals surface area contributed by atoms with Crippen LogP contribution in [0.4, 0.5) is 5.69 Å². The number of anilines is 1. The van der Waals surface area contributed by atoms with E-state index < -0.39 is 0 Å². The summed E-state index contributed by atoms with van der Waals surface area (Å²) in [6.45, 7) is 7.72. The van der Waals surface area contributed by atoms with Crippen molar-refractivity contribution in [2.45, 2.75) is 33.6 Å². The Hall–Kier alpha value is -2.60. The average Bonchev–Trinajstić information content (AvgIpc) is 2.67. The number of rotatable bonds is 9. The number of carbonyl (C=O) groups is 1. The second kappa shape index (κ2) is 11.3. The lowest BCUT2D eigenvalue weighted by atomic mass is 10.1. The van der Waals surface area contributed by atoms with E-state index >= 15 is 0 Å². The van der Waals surface area contributed by atoms with Crippen LogP contribution in [0.15, 0.2) is 48.5 Å². The molecule has 0 atom stereocenters. The lowest BCUT2D eigenvalue weighted by molar-refractivity contribution is 0.0977. The highest BCUT2D eigenvalue weighted by Gasteiger charge is 2.08. The summed E-state index contributed by atoms with van der Waals surface area (Å²) in [5, 5.41) is 5.92. The van der Waals surface area contributed by atoms with E-state index in [2.05, 4.69) is 31.4 Å². The second-order valence-corrected chi connectivity index (χ2v) is 7.24. The van der Waals surface area contributed by atoms with Gasteiger partial charge in [-0.1, -0.05) is 20.8 Å². The minimum absolute atomic E-state index is 0.240. The van der Waals surface area contributed by atoms with Gasteiger partial charge in [0.15, 0.2) is 5.11 Å². The van der Waals surface area contributed by atoms with Gasteiger partial charge in [0.2, 0.25) is 0 Å². The van der Waals surface area contributed by atoms with Crippen LogP contribution in [0, 0.1) is 5.92 Å². The zero-order valence-corrected chi connectivity index (χ0v) is 17.5. The van der Waals surface area contributed by atoms with Crippen molar-refractivity contribution in [1.29, 1.82) is 0 Å². The molecule has 1 amide bonds. The highest BCUT2D eigenvalue weighted by molar-refractivity contribution is 7.80. The highest BCUT2D eigenvalue weighted by atomic mass is 32.1. The number of hydrogen-bond donors (Lipinski definition) is 2. The van der Waals surface area contributed by atoms with Crippen LogP contribution >= 0.6 is 12.2 Å². The van der Waals surface area contributed by atoms with Gasteiger partial charge in [-0.15, -0.1) is 0 Å². The lowest BCUT2D eigenvalue weighted by Gasteiger charge is -2.11. The van der Waals surface area contributed by atoms with Crippen LogP contribution in [-0.4, -0.2) is 24.2 Å². The Morgan fingerprint density at radius 2 is 1.54 bits per heavy atom. The minimum atomic E-state index is -0.269. The number of hydrogen-bond acceptors (Lipinski definition) is 4. The quantitative estimate of drug-likeness (QED) is 0.578. The predicted molar refractivity (Wildman–Crippen MR) is 117 cm³/mol. The topological polar surface area (TPSA) is 59.6 Å². The fourth-order valence-corrected chi connectivity index (χ4v) is 2.52. The van der Waals surface area contributed by atoms with Crippen molar-refractivity contribution >= 4 is 28.9 Å². The molecule has 0 saturated heterocycles. The van der Waals surface area contributed by atoms with Crippen molar-refractivity contribution in [2.24, 2.45) is 5.92 Å². The lowest BCUT2D eigenvalue weighted by Crippen LogP contribution is -2.34. The van der Waals surface area contributed by atoms with E-state index in [1.165, 1.54) is 0 Å². The molecule has 0 aliphatic rings. The maximum Gasteiger partial charge on any atom is 0.257 e. The first-order valence-electron chi connectivity index (χ1n) is 9.56. The fraction of sp³-hybridized carbons (Fsp3) is 0.364. The Morgan fingerprint density at radius 1 is 0.964 bits per heavy atom. The molecule has 28 heavy (non-hydrogen) atoms. The third-order valence-electron chi connectivity index (χ3n) is 3.89. The maximum absolute atomic E-state index is 12.3. The smallest absolute Gasteiger partial charge is 0.257 e. The summed E-state index contributed by atoms with van der Waals surface area (Å²) >= 11 is 5.22. The fourth-order valence-electron chi connectivity index (χ4n) is 2.31. The van der Waals surface area contributed by atoms with E-state index in [0.29, 0.717) is 24.7 Å². The molecule has 0 aliphatic heterocycles. The summed E-state index contributed by atoms with van der Waals surface area (Å²) in [6.07, 6.45) is 1.95. The van der Waals surface area contributed by atoms with Crippen molar-refractivity contribution in [3.63, 3.8) is 0 Å². The molecule has 6 heteroatoms. The Kier molecular flexibility index (Phi) is 8.75. The molecule has 0 unspecified atom stereocenters. The third-order valence-corrected chi connectivity index (χ3v) is 4.10. The van der Waals surface area contributed by atoms with Crippen LogP contribution in [0.5, 0.6) is 11.5 Å². The van der Waals surface area contributed by atoms with Crippen molar-refractivity contribution in [1.82, 2.24) is 5.32 Å². The summed E-state index contributed by atoms with van der Waals surface area (Å²) in [7, 11) is 0. The summed E-state index contributed by atoms with van der Waals surface area (Å²) in [5.74, 6) is 1.88. The van der Waals surface area contributed by atoms with E-state index in [0.717, 1.165) is 30.0 Å². The largest absolute Gasteiger partial charge is 0.494 e. The van der Waals surface area contributed by atoms with Gasteiger partial charge < -0.3 is 14.8 Å². The number of carbonyl (C=O) groups excluding carboxylic acids is 1. The number of nitrogens with one attached hydrogen (secondary N) is 2. The number of ether oxygens (including phenoxy) is 2. The molecule has 0 aliphatic carbocycles. The highest BCUT2D eigenvalue weighted by Crippen LogP contribution is 2.16. The molecule has 2 rings (SSSR count). The van der Waals surface area contributed by atoms with E-state index in [1.54, 1.807) is 24.3 Å². The first-order chi connectivity index (χ1) is 13.5. The van der Waals surface area contributed by atoms with Crippen LogP contribution in [0.3, 0.4) is 0 Å². The number of amides is 1. The van der Waals surface area contributed by atoms with Gasteiger partial charge in [-0.2, -0.15) is 0 Å². The van der Waals surface area contributed by atoms with Gasteiger partial charge in [0.05, 0.1) is 13.2 Å². The third kappa shape index (κ3) is 7.56. The molecular weight excluding hydrogens is 372 g/mol. The van der Waals surface area contributed by atoms with Gasteiger partial charge in [-0.3, -0.25) is 10.1 Å². The van der Waals surface area contributed by atoms with Crippen LogP contribution in [0.2, 0.25) is 0 Å². The van der Waals surface area contributed by atoms with E-state index in [9.17, 15) is 4.79 Å². The molecule has 150 valence electrons. The monoisotopic (exact) mass is 400 g/mol. The predicted octanol–water partition coefficient (Wildman–Crippen LogP) is 5.03. The summed E-state index contributed by atoms with van der Waals surface area (Å²) in [6, 6.07) is 14.5. The molecule has 0 saturated carbocycles. The molecule has 0 radical (unpaired) electrons. The van der Waals surface area contributed by atoms with E-state index in [1.807, 2.05) is 24.3 Å². The standard InChI is InChI=1S/C22H28N2O3S/c1-4-14-26-20-11-7-18(8-12-20)23-22(28)24-21(25)17-5-9-19(10-6-17)27-15-13-16(2)3/h5-12,16H,4,13-15H2,1-3H3,(H2,23,24,25,28). The van der Waals surface area contributed by atoms with Crippen LogP contribution < -0.4 is 20.1 Å². The molecule has 0 spiro atoms. The first-order valence-corrected chi connectivity index (χ1v) is 9.96. The Balaban J connectivity index is 1.82. The summed E-state index contributed by atoms with van der Waals surface area (Å²) < 4.78 is 11.2. The number of benzene rings is 2. The van der Waals surface area contributed by atoms with Gasteiger partial charge in [-0.25, -0.2) is 0 Å². The van der Waals surface area contributed by atoms with Crippen molar-refractivity contribution in [3.8, 4) is 11.5 Å². The zero-order chi connectivity index (χ0) is 20.4.